The average Bonchev–Trinajstić information content (AvgIpc) is 3.35. The predicted octanol–water partition coefficient (Wildman–Crippen LogP) is 3.54. The lowest BCUT2D eigenvalue weighted by Crippen LogP contribution is -2.49. The number of pyridine rings is 1. The maximum atomic E-state index is 6.21. The fourth-order valence-electron chi connectivity index (χ4n) is 4.47. The topological polar surface area (TPSA) is 52.6 Å². The normalized spacial score (nSPS) is 27.9. The first kappa shape index (κ1) is 18.9. The number of rotatable bonds is 7. The second-order valence-electron chi connectivity index (χ2n) is 7.60. The van der Waals surface area contributed by atoms with E-state index in [9.17, 15) is 0 Å². The van der Waals surface area contributed by atoms with Crippen LogP contribution in [0.5, 0.6) is 5.75 Å². The predicted molar refractivity (Wildman–Crippen MR) is 106 cm³/mol. The summed E-state index contributed by atoms with van der Waals surface area (Å²) in [7, 11) is 1.73. The lowest BCUT2D eigenvalue weighted by Gasteiger charge is -2.45. The Kier molecular flexibility index (Phi) is 5.78. The standard InChI is InChI=1S/C21H28N2O3S/c1-24-17-5-13-27-18(17)14-22-10-6-20(19-4-2-3-9-23-19)7-12-26-21(15-20)8-11-25-16-21/h2-5,9,13,22H,6-8,10-12,14-16H2,1H3/t20-,21-/m1/s1. The van der Waals surface area contributed by atoms with Crippen molar-refractivity contribution in [2.24, 2.45) is 0 Å². The van der Waals surface area contributed by atoms with Crippen LogP contribution in [0, 0.1) is 0 Å². The van der Waals surface area contributed by atoms with E-state index < -0.39 is 0 Å². The molecule has 5 nitrogen and oxygen atoms in total. The van der Waals surface area contributed by atoms with Crippen molar-refractivity contribution in [2.75, 3.05) is 33.5 Å². The van der Waals surface area contributed by atoms with Gasteiger partial charge >= 0.3 is 0 Å². The lowest BCUT2D eigenvalue weighted by molar-refractivity contribution is -0.109. The van der Waals surface area contributed by atoms with E-state index in [1.807, 2.05) is 18.3 Å². The Hall–Kier alpha value is -1.47. The highest BCUT2D eigenvalue weighted by Gasteiger charge is 2.49. The van der Waals surface area contributed by atoms with Gasteiger partial charge in [-0.15, -0.1) is 11.3 Å². The summed E-state index contributed by atoms with van der Waals surface area (Å²) in [5.74, 6) is 0.972. The van der Waals surface area contributed by atoms with E-state index in [4.69, 9.17) is 19.2 Å². The monoisotopic (exact) mass is 388 g/mol. The van der Waals surface area contributed by atoms with Crippen LogP contribution in [0.2, 0.25) is 0 Å². The van der Waals surface area contributed by atoms with Gasteiger partial charge in [0.1, 0.15) is 5.75 Å². The highest BCUT2D eigenvalue weighted by molar-refractivity contribution is 7.10. The Morgan fingerprint density at radius 1 is 1.26 bits per heavy atom. The molecule has 4 heterocycles. The van der Waals surface area contributed by atoms with E-state index in [0.717, 1.165) is 57.7 Å². The molecule has 2 aromatic heterocycles. The number of aromatic nitrogens is 1. The molecule has 0 amide bonds. The summed E-state index contributed by atoms with van der Waals surface area (Å²) >= 11 is 1.73. The fourth-order valence-corrected chi connectivity index (χ4v) is 5.28. The van der Waals surface area contributed by atoms with Gasteiger partial charge in [0.15, 0.2) is 0 Å². The highest BCUT2D eigenvalue weighted by atomic mass is 32.1. The molecular formula is C21H28N2O3S. The van der Waals surface area contributed by atoms with Crippen molar-refractivity contribution in [1.29, 1.82) is 0 Å². The first-order valence-electron chi connectivity index (χ1n) is 9.70. The van der Waals surface area contributed by atoms with Gasteiger partial charge in [-0.05, 0) is 49.4 Å². The first-order valence-corrected chi connectivity index (χ1v) is 10.6. The Bertz CT molecular complexity index is 730. The van der Waals surface area contributed by atoms with Gasteiger partial charge in [0.25, 0.3) is 0 Å². The van der Waals surface area contributed by atoms with Crippen LogP contribution >= 0.6 is 11.3 Å². The smallest absolute Gasteiger partial charge is 0.134 e. The van der Waals surface area contributed by atoms with Crippen molar-refractivity contribution in [3.05, 3.63) is 46.4 Å². The number of hydrogen-bond acceptors (Lipinski definition) is 6. The fraction of sp³-hybridized carbons (Fsp3) is 0.571. The lowest BCUT2D eigenvalue weighted by atomic mass is 9.68. The summed E-state index contributed by atoms with van der Waals surface area (Å²) in [5.41, 5.74) is 1.10. The summed E-state index contributed by atoms with van der Waals surface area (Å²) < 4.78 is 17.3. The van der Waals surface area contributed by atoms with Crippen molar-refractivity contribution in [1.82, 2.24) is 10.3 Å². The number of thiophene rings is 1. The van der Waals surface area contributed by atoms with E-state index in [1.54, 1.807) is 18.4 Å². The molecule has 2 aliphatic heterocycles. The van der Waals surface area contributed by atoms with Gasteiger partial charge in [-0.1, -0.05) is 6.07 Å². The molecular weight excluding hydrogens is 360 g/mol. The largest absolute Gasteiger partial charge is 0.496 e. The number of hydrogen-bond donors (Lipinski definition) is 1. The van der Waals surface area contributed by atoms with Crippen molar-refractivity contribution < 1.29 is 14.2 Å². The summed E-state index contributed by atoms with van der Waals surface area (Å²) in [6.07, 6.45) is 5.94. The summed E-state index contributed by atoms with van der Waals surface area (Å²) in [6.45, 7) is 4.06. The first-order chi connectivity index (χ1) is 13.3. The molecule has 0 unspecified atom stereocenters. The third-order valence-corrected chi connectivity index (χ3v) is 6.82. The molecule has 2 fully saturated rings. The van der Waals surface area contributed by atoms with Crippen LogP contribution in [0.4, 0.5) is 0 Å². The third-order valence-electron chi connectivity index (χ3n) is 5.92. The zero-order valence-corrected chi connectivity index (χ0v) is 16.7. The number of nitrogens with zero attached hydrogens (tertiary/aromatic N) is 1. The minimum atomic E-state index is -0.132. The van der Waals surface area contributed by atoms with E-state index in [1.165, 1.54) is 10.6 Å². The Morgan fingerprint density at radius 3 is 3.00 bits per heavy atom. The van der Waals surface area contributed by atoms with Crippen LogP contribution in [0.3, 0.4) is 0 Å². The molecule has 0 aliphatic carbocycles. The van der Waals surface area contributed by atoms with Crippen LogP contribution < -0.4 is 10.1 Å². The molecule has 146 valence electrons. The summed E-state index contributed by atoms with van der Waals surface area (Å²) in [4.78, 5) is 5.99. The van der Waals surface area contributed by atoms with Gasteiger partial charge in [-0.3, -0.25) is 4.98 Å². The number of nitrogens with one attached hydrogen (secondary N) is 1. The summed E-state index contributed by atoms with van der Waals surface area (Å²) in [6, 6.07) is 8.30. The molecule has 1 N–H and O–H groups in total. The quantitative estimate of drug-likeness (QED) is 0.736. The van der Waals surface area contributed by atoms with Crippen LogP contribution in [0.25, 0.3) is 0 Å². The molecule has 2 aromatic rings. The Morgan fingerprint density at radius 2 is 2.22 bits per heavy atom. The second kappa shape index (κ2) is 8.27. The number of methoxy groups -OCH3 is 1. The maximum Gasteiger partial charge on any atom is 0.134 e. The SMILES string of the molecule is COc1ccsc1CNCC[C@@]1(c2ccccn2)CCO[C@]2(CCOC2)C1. The molecule has 4 rings (SSSR count). The van der Waals surface area contributed by atoms with E-state index in [2.05, 4.69) is 22.8 Å². The zero-order chi connectivity index (χ0) is 18.6. The van der Waals surface area contributed by atoms with Gasteiger partial charge < -0.3 is 19.5 Å². The van der Waals surface area contributed by atoms with Crippen molar-refractivity contribution in [3.63, 3.8) is 0 Å². The summed E-state index contributed by atoms with van der Waals surface area (Å²) in [5, 5.41) is 5.69. The van der Waals surface area contributed by atoms with Crippen LogP contribution in [-0.4, -0.2) is 44.1 Å². The van der Waals surface area contributed by atoms with Gasteiger partial charge in [0.05, 0.1) is 24.2 Å². The maximum absolute atomic E-state index is 6.21. The molecule has 2 saturated heterocycles. The van der Waals surface area contributed by atoms with Gasteiger partial charge in [0, 0.05) is 43.5 Å². The van der Waals surface area contributed by atoms with Crippen molar-refractivity contribution >= 4 is 11.3 Å². The molecule has 27 heavy (non-hydrogen) atoms. The zero-order valence-electron chi connectivity index (χ0n) is 15.9. The second-order valence-corrected chi connectivity index (χ2v) is 8.60. The van der Waals surface area contributed by atoms with Crippen LogP contribution in [0.1, 0.15) is 36.3 Å². The highest BCUT2D eigenvalue weighted by Crippen LogP contribution is 2.46. The average molecular weight is 389 g/mol. The van der Waals surface area contributed by atoms with Gasteiger partial charge in [0.2, 0.25) is 0 Å². The molecule has 0 bridgehead atoms. The molecule has 0 radical (unpaired) electrons. The molecule has 2 aliphatic rings. The van der Waals surface area contributed by atoms with E-state index in [0.29, 0.717) is 6.61 Å². The minimum absolute atomic E-state index is 0.0414. The molecule has 0 saturated carbocycles. The molecule has 2 atom stereocenters. The Labute approximate surface area is 165 Å². The third kappa shape index (κ3) is 4.04. The molecule has 6 heteroatoms. The minimum Gasteiger partial charge on any atom is -0.496 e. The van der Waals surface area contributed by atoms with Crippen LogP contribution in [0.15, 0.2) is 35.8 Å². The van der Waals surface area contributed by atoms with Gasteiger partial charge in [-0.25, -0.2) is 0 Å². The Balaban J connectivity index is 1.46. The molecule has 0 aromatic carbocycles. The van der Waals surface area contributed by atoms with Crippen LogP contribution in [-0.2, 0) is 21.4 Å². The van der Waals surface area contributed by atoms with Gasteiger partial charge in [-0.2, -0.15) is 0 Å². The number of ether oxygens (including phenoxy) is 3. The molecule has 1 spiro atoms. The van der Waals surface area contributed by atoms with Crippen molar-refractivity contribution in [3.8, 4) is 5.75 Å². The van der Waals surface area contributed by atoms with Crippen molar-refractivity contribution in [2.45, 2.75) is 43.2 Å². The van der Waals surface area contributed by atoms with E-state index in [-0.39, 0.29) is 11.0 Å². The van der Waals surface area contributed by atoms with E-state index >= 15 is 0 Å².